The average Bonchev–Trinajstić information content (AvgIpc) is 3.04. The molecule has 3 rings (SSSR count). The van der Waals surface area contributed by atoms with Gasteiger partial charge in [-0.2, -0.15) is 0 Å². The Kier molecular flexibility index (Phi) is 6.24. The Bertz CT molecular complexity index is 858. The fraction of sp³-hybridized carbons (Fsp3) is 0.350. The summed E-state index contributed by atoms with van der Waals surface area (Å²) >= 11 is 1.44. The molecule has 142 valence electrons. The number of carbonyl (C=O) groups excluding carboxylic acids is 3. The number of thiophene rings is 1. The van der Waals surface area contributed by atoms with E-state index in [9.17, 15) is 14.4 Å². The standard InChI is InChI=1S/C20H21NO5S/c1-2-25-20(24)18-15-8-3-4-9-16(15)27-19(18)21-17(23)12-26-14-7-5-6-13(10-14)11-22/h5-7,10-11H,2-4,8-9,12H2,1H3,(H,21,23). The number of carbonyl (C=O) groups is 3. The highest BCUT2D eigenvalue weighted by Gasteiger charge is 2.27. The molecular weight excluding hydrogens is 366 g/mol. The minimum absolute atomic E-state index is 0.215. The van der Waals surface area contributed by atoms with Gasteiger partial charge in [0.15, 0.2) is 6.61 Å². The maximum absolute atomic E-state index is 12.4. The molecule has 0 spiro atoms. The van der Waals surface area contributed by atoms with Gasteiger partial charge in [0.05, 0.1) is 12.2 Å². The number of ether oxygens (including phenoxy) is 2. The van der Waals surface area contributed by atoms with Crippen molar-refractivity contribution in [2.24, 2.45) is 0 Å². The largest absolute Gasteiger partial charge is 0.484 e. The molecule has 1 amide bonds. The van der Waals surface area contributed by atoms with Crippen molar-refractivity contribution in [3.05, 3.63) is 45.8 Å². The second kappa shape index (κ2) is 8.81. The Labute approximate surface area is 161 Å². The smallest absolute Gasteiger partial charge is 0.341 e. The van der Waals surface area contributed by atoms with Crippen LogP contribution in [0, 0.1) is 0 Å². The number of aryl methyl sites for hydroxylation is 1. The summed E-state index contributed by atoms with van der Waals surface area (Å²) in [6, 6.07) is 6.58. The Hall–Kier alpha value is -2.67. The van der Waals surface area contributed by atoms with E-state index in [0.29, 0.717) is 28.2 Å². The number of nitrogens with one attached hydrogen (secondary N) is 1. The molecule has 7 heteroatoms. The number of hydrogen-bond acceptors (Lipinski definition) is 6. The van der Waals surface area contributed by atoms with Crippen LogP contribution in [-0.2, 0) is 22.4 Å². The van der Waals surface area contributed by atoms with E-state index >= 15 is 0 Å². The molecule has 1 N–H and O–H groups in total. The van der Waals surface area contributed by atoms with Gasteiger partial charge in [0.25, 0.3) is 5.91 Å². The Morgan fingerprint density at radius 1 is 1.26 bits per heavy atom. The number of amides is 1. The highest BCUT2D eigenvalue weighted by atomic mass is 32.1. The zero-order valence-corrected chi connectivity index (χ0v) is 15.9. The summed E-state index contributed by atoms with van der Waals surface area (Å²) in [4.78, 5) is 36.7. The van der Waals surface area contributed by atoms with E-state index in [1.807, 2.05) is 0 Å². The number of rotatable bonds is 7. The molecule has 1 aromatic heterocycles. The molecule has 1 heterocycles. The van der Waals surface area contributed by atoms with Crippen LogP contribution in [0.4, 0.5) is 5.00 Å². The van der Waals surface area contributed by atoms with E-state index in [1.54, 1.807) is 31.2 Å². The van der Waals surface area contributed by atoms with Crippen molar-refractivity contribution in [3.63, 3.8) is 0 Å². The van der Waals surface area contributed by atoms with Crippen LogP contribution in [0.1, 0.15) is 50.9 Å². The normalized spacial score (nSPS) is 12.8. The lowest BCUT2D eigenvalue weighted by Gasteiger charge is -2.12. The van der Waals surface area contributed by atoms with Crippen molar-refractivity contribution in [1.29, 1.82) is 0 Å². The van der Waals surface area contributed by atoms with Gasteiger partial charge in [0.2, 0.25) is 0 Å². The van der Waals surface area contributed by atoms with Crippen LogP contribution in [0.25, 0.3) is 0 Å². The van der Waals surface area contributed by atoms with Gasteiger partial charge in [-0.25, -0.2) is 4.79 Å². The Balaban J connectivity index is 1.72. The lowest BCUT2D eigenvalue weighted by molar-refractivity contribution is -0.118. The van der Waals surface area contributed by atoms with Gasteiger partial charge in [-0.05, 0) is 50.3 Å². The molecule has 0 atom stereocenters. The van der Waals surface area contributed by atoms with Crippen LogP contribution < -0.4 is 10.1 Å². The zero-order chi connectivity index (χ0) is 19.2. The van der Waals surface area contributed by atoms with E-state index < -0.39 is 5.97 Å². The molecule has 1 aliphatic rings. The van der Waals surface area contributed by atoms with E-state index in [4.69, 9.17) is 9.47 Å². The molecule has 6 nitrogen and oxygen atoms in total. The number of hydrogen-bond donors (Lipinski definition) is 1. The summed E-state index contributed by atoms with van der Waals surface area (Å²) in [6.07, 6.45) is 4.57. The first-order valence-electron chi connectivity index (χ1n) is 8.92. The third kappa shape index (κ3) is 4.54. The average molecular weight is 387 g/mol. The summed E-state index contributed by atoms with van der Waals surface area (Å²) in [5, 5.41) is 3.31. The van der Waals surface area contributed by atoms with Crippen LogP contribution in [0.2, 0.25) is 0 Å². The van der Waals surface area contributed by atoms with Crippen LogP contribution >= 0.6 is 11.3 Å². The molecule has 0 bridgehead atoms. The molecule has 0 fully saturated rings. The van der Waals surface area contributed by atoms with E-state index in [1.165, 1.54) is 11.3 Å². The molecule has 0 saturated heterocycles. The number of benzene rings is 1. The Morgan fingerprint density at radius 3 is 2.85 bits per heavy atom. The minimum Gasteiger partial charge on any atom is -0.484 e. The summed E-state index contributed by atoms with van der Waals surface area (Å²) in [5.74, 6) is -0.326. The van der Waals surface area contributed by atoms with Crippen molar-refractivity contribution in [2.75, 3.05) is 18.5 Å². The van der Waals surface area contributed by atoms with Crippen molar-refractivity contribution in [3.8, 4) is 5.75 Å². The lowest BCUT2D eigenvalue weighted by Crippen LogP contribution is -2.21. The van der Waals surface area contributed by atoms with Crippen LogP contribution in [-0.4, -0.2) is 31.4 Å². The zero-order valence-electron chi connectivity index (χ0n) is 15.1. The number of esters is 1. The summed E-state index contributed by atoms with van der Waals surface area (Å²) in [6.45, 7) is 1.83. The van der Waals surface area contributed by atoms with Gasteiger partial charge in [0.1, 0.15) is 17.0 Å². The van der Waals surface area contributed by atoms with Gasteiger partial charge in [-0.3, -0.25) is 9.59 Å². The fourth-order valence-electron chi connectivity index (χ4n) is 3.06. The van der Waals surface area contributed by atoms with Gasteiger partial charge < -0.3 is 14.8 Å². The van der Waals surface area contributed by atoms with E-state index in [2.05, 4.69) is 5.32 Å². The summed E-state index contributed by atoms with van der Waals surface area (Å²) < 4.78 is 10.6. The second-order valence-corrected chi connectivity index (χ2v) is 7.27. The second-order valence-electron chi connectivity index (χ2n) is 6.16. The van der Waals surface area contributed by atoms with Crippen molar-refractivity contribution < 1.29 is 23.9 Å². The first-order valence-corrected chi connectivity index (χ1v) is 9.73. The first-order chi connectivity index (χ1) is 13.1. The molecule has 0 aliphatic heterocycles. The minimum atomic E-state index is -0.396. The number of fused-ring (bicyclic) bond motifs is 1. The van der Waals surface area contributed by atoms with Crippen molar-refractivity contribution >= 4 is 34.5 Å². The molecule has 27 heavy (non-hydrogen) atoms. The number of anilines is 1. The lowest BCUT2D eigenvalue weighted by atomic mass is 9.95. The van der Waals surface area contributed by atoms with E-state index in [0.717, 1.165) is 36.1 Å². The van der Waals surface area contributed by atoms with Crippen LogP contribution in [0.3, 0.4) is 0 Å². The highest BCUT2D eigenvalue weighted by Crippen LogP contribution is 2.38. The SMILES string of the molecule is CCOC(=O)c1c(NC(=O)COc2cccc(C=O)c2)sc2c1CCCC2. The van der Waals surface area contributed by atoms with Crippen molar-refractivity contribution in [1.82, 2.24) is 0 Å². The molecule has 0 radical (unpaired) electrons. The fourth-order valence-corrected chi connectivity index (χ4v) is 4.36. The third-order valence-electron chi connectivity index (χ3n) is 4.27. The maximum Gasteiger partial charge on any atom is 0.341 e. The first kappa shape index (κ1) is 19.1. The maximum atomic E-state index is 12.4. The van der Waals surface area contributed by atoms with Gasteiger partial charge in [-0.15, -0.1) is 11.3 Å². The van der Waals surface area contributed by atoms with E-state index in [-0.39, 0.29) is 19.1 Å². The summed E-state index contributed by atoms with van der Waals surface area (Å²) in [5.41, 5.74) is 1.95. The Morgan fingerprint density at radius 2 is 2.07 bits per heavy atom. The quantitative estimate of drug-likeness (QED) is 0.579. The van der Waals surface area contributed by atoms with Crippen LogP contribution in [0.5, 0.6) is 5.75 Å². The molecule has 1 aromatic carbocycles. The topological polar surface area (TPSA) is 81.7 Å². The molecule has 1 aliphatic carbocycles. The number of aldehydes is 1. The van der Waals surface area contributed by atoms with Gasteiger partial charge >= 0.3 is 5.97 Å². The van der Waals surface area contributed by atoms with Gasteiger partial charge in [0, 0.05) is 10.4 Å². The molecule has 2 aromatic rings. The predicted molar refractivity (Wildman–Crippen MR) is 103 cm³/mol. The highest BCUT2D eigenvalue weighted by molar-refractivity contribution is 7.17. The van der Waals surface area contributed by atoms with Gasteiger partial charge in [-0.1, -0.05) is 12.1 Å². The third-order valence-corrected chi connectivity index (χ3v) is 5.48. The predicted octanol–water partition coefficient (Wildman–Crippen LogP) is 3.63. The summed E-state index contributed by atoms with van der Waals surface area (Å²) in [7, 11) is 0. The monoisotopic (exact) mass is 387 g/mol. The van der Waals surface area contributed by atoms with Crippen LogP contribution in [0.15, 0.2) is 24.3 Å². The molecule has 0 unspecified atom stereocenters. The molecular formula is C20H21NO5S. The van der Waals surface area contributed by atoms with Crippen molar-refractivity contribution in [2.45, 2.75) is 32.6 Å². The molecule has 0 saturated carbocycles.